The molecule has 1 aromatic heterocycles. The highest BCUT2D eigenvalue weighted by atomic mass is 19.1. The van der Waals surface area contributed by atoms with E-state index in [1.54, 1.807) is 4.90 Å². The molecule has 3 nitrogen and oxygen atoms in total. The van der Waals surface area contributed by atoms with Gasteiger partial charge in [0.15, 0.2) is 5.82 Å². The molecular formula is C10H9FN2O. The van der Waals surface area contributed by atoms with Gasteiger partial charge in [-0.15, -0.1) is 0 Å². The lowest BCUT2D eigenvalue weighted by atomic mass is 10.2. The number of carbonyl (C=O) groups is 1. The molecule has 0 saturated carbocycles. The van der Waals surface area contributed by atoms with Crippen molar-refractivity contribution < 1.29 is 9.18 Å². The molecule has 0 fully saturated rings. The van der Waals surface area contributed by atoms with Crippen molar-refractivity contribution in [2.75, 3.05) is 13.1 Å². The molecule has 4 heteroatoms. The largest absolute Gasteiger partial charge is 0.331 e. The lowest BCUT2D eigenvalue weighted by Gasteiger charge is -2.15. The molecule has 1 aliphatic rings. The molecule has 1 aliphatic heterocycles. The fourth-order valence-electron chi connectivity index (χ4n) is 1.36. The lowest BCUT2D eigenvalue weighted by molar-refractivity contribution is 0.0795. The van der Waals surface area contributed by atoms with Crippen molar-refractivity contribution in [1.29, 1.82) is 0 Å². The van der Waals surface area contributed by atoms with Crippen LogP contribution in [0.1, 0.15) is 10.4 Å². The lowest BCUT2D eigenvalue weighted by Crippen LogP contribution is -2.28. The van der Waals surface area contributed by atoms with Crippen molar-refractivity contribution in [2.24, 2.45) is 0 Å². The van der Waals surface area contributed by atoms with Gasteiger partial charge in [0.1, 0.15) is 0 Å². The summed E-state index contributed by atoms with van der Waals surface area (Å²) in [6.07, 6.45) is 6.24. The van der Waals surface area contributed by atoms with Gasteiger partial charge in [0.05, 0.1) is 11.8 Å². The third-order valence-electron chi connectivity index (χ3n) is 2.11. The van der Waals surface area contributed by atoms with Crippen molar-refractivity contribution in [3.63, 3.8) is 0 Å². The molecule has 0 bridgehead atoms. The average molecular weight is 192 g/mol. The van der Waals surface area contributed by atoms with E-state index in [1.165, 1.54) is 12.3 Å². The monoisotopic (exact) mass is 192 g/mol. The third-order valence-corrected chi connectivity index (χ3v) is 2.11. The zero-order valence-corrected chi connectivity index (χ0v) is 7.48. The summed E-state index contributed by atoms with van der Waals surface area (Å²) in [5.41, 5.74) is 0.0868. The first-order valence-electron chi connectivity index (χ1n) is 4.33. The second kappa shape index (κ2) is 3.57. The SMILES string of the molecule is O=C(c1ccncc1F)N1CC=CC1. The molecule has 0 spiro atoms. The van der Waals surface area contributed by atoms with Gasteiger partial charge in [-0.2, -0.15) is 0 Å². The van der Waals surface area contributed by atoms with E-state index in [2.05, 4.69) is 4.98 Å². The number of amides is 1. The summed E-state index contributed by atoms with van der Waals surface area (Å²) in [4.78, 5) is 16.8. The Labute approximate surface area is 80.9 Å². The van der Waals surface area contributed by atoms with E-state index < -0.39 is 5.82 Å². The van der Waals surface area contributed by atoms with Crippen LogP contribution in [0.2, 0.25) is 0 Å². The first-order chi connectivity index (χ1) is 6.79. The fourth-order valence-corrected chi connectivity index (χ4v) is 1.36. The van der Waals surface area contributed by atoms with Crippen LogP contribution in [0.3, 0.4) is 0 Å². The van der Waals surface area contributed by atoms with Crippen LogP contribution in [0.5, 0.6) is 0 Å². The molecule has 0 saturated heterocycles. The molecule has 0 unspecified atom stereocenters. The Bertz CT molecular complexity index is 381. The zero-order chi connectivity index (χ0) is 9.97. The topological polar surface area (TPSA) is 33.2 Å². The van der Waals surface area contributed by atoms with Crippen LogP contribution in [-0.4, -0.2) is 28.9 Å². The molecule has 1 aromatic rings. The number of aromatic nitrogens is 1. The highest BCUT2D eigenvalue weighted by Gasteiger charge is 2.19. The smallest absolute Gasteiger partial charge is 0.257 e. The first-order valence-corrected chi connectivity index (χ1v) is 4.33. The van der Waals surface area contributed by atoms with Crippen LogP contribution in [0, 0.1) is 5.82 Å². The third kappa shape index (κ3) is 1.51. The summed E-state index contributed by atoms with van der Waals surface area (Å²) in [5, 5.41) is 0. The maximum absolute atomic E-state index is 13.2. The number of pyridine rings is 1. The van der Waals surface area contributed by atoms with Crippen LogP contribution in [-0.2, 0) is 0 Å². The van der Waals surface area contributed by atoms with E-state index >= 15 is 0 Å². The number of hydrogen-bond donors (Lipinski definition) is 0. The van der Waals surface area contributed by atoms with Crippen LogP contribution >= 0.6 is 0 Å². The van der Waals surface area contributed by atoms with E-state index in [9.17, 15) is 9.18 Å². The maximum atomic E-state index is 13.2. The number of halogens is 1. The Balaban J connectivity index is 2.23. The van der Waals surface area contributed by atoms with Crippen LogP contribution in [0.15, 0.2) is 30.6 Å². The minimum Gasteiger partial charge on any atom is -0.331 e. The molecule has 2 rings (SSSR count). The number of rotatable bonds is 1. The van der Waals surface area contributed by atoms with Gasteiger partial charge in [-0.25, -0.2) is 4.39 Å². The summed E-state index contributed by atoms with van der Waals surface area (Å²) >= 11 is 0. The summed E-state index contributed by atoms with van der Waals surface area (Å²) in [6.45, 7) is 1.11. The molecular weight excluding hydrogens is 183 g/mol. The van der Waals surface area contributed by atoms with Gasteiger partial charge in [-0.1, -0.05) is 12.2 Å². The Morgan fingerprint density at radius 1 is 1.43 bits per heavy atom. The van der Waals surface area contributed by atoms with Gasteiger partial charge in [0.25, 0.3) is 5.91 Å². The molecule has 0 atom stereocenters. The van der Waals surface area contributed by atoms with E-state index in [4.69, 9.17) is 0 Å². The van der Waals surface area contributed by atoms with Gasteiger partial charge in [-0.3, -0.25) is 9.78 Å². The average Bonchev–Trinajstić information content (AvgIpc) is 2.70. The molecule has 0 N–H and O–H groups in total. The van der Waals surface area contributed by atoms with Crippen LogP contribution in [0.25, 0.3) is 0 Å². The van der Waals surface area contributed by atoms with E-state index in [0.717, 1.165) is 6.20 Å². The van der Waals surface area contributed by atoms with Gasteiger partial charge >= 0.3 is 0 Å². The Hall–Kier alpha value is -1.71. The summed E-state index contributed by atoms with van der Waals surface area (Å²) in [7, 11) is 0. The van der Waals surface area contributed by atoms with Crippen LogP contribution < -0.4 is 0 Å². The highest BCUT2D eigenvalue weighted by molar-refractivity contribution is 5.94. The van der Waals surface area contributed by atoms with Crippen molar-refractivity contribution in [3.05, 3.63) is 42.0 Å². The van der Waals surface area contributed by atoms with Gasteiger partial charge in [0.2, 0.25) is 0 Å². The van der Waals surface area contributed by atoms with Crippen LogP contribution in [0.4, 0.5) is 4.39 Å². The zero-order valence-electron chi connectivity index (χ0n) is 7.48. The van der Waals surface area contributed by atoms with E-state index in [0.29, 0.717) is 13.1 Å². The minimum atomic E-state index is -0.565. The molecule has 1 amide bonds. The van der Waals surface area contributed by atoms with Gasteiger partial charge < -0.3 is 4.90 Å². The predicted molar refractivity (Wildman–Crippen MR) is 49.2 cm³/mol. The number of carbonyl (C=O) groups excluding carboxylic acids is 1. The summed E-state index contributed by atoms with van der Waals surface area (Å²) in [6, 6.07) is 1.40. The van der Waals surface area contributed by atoms with E-state index in [-0.39, 0.29) is 11.5 Å². The quantitative estimate of drug-likeness (QED) is 0.627. The molecule has 72 valence electrons. The number of nitrogens with zero attached hydrogens (tertiary/aromatic N) is 2. The minimum absolute atomic E-state index is 0.0868. The normalized spacial score (nSPS) is 14.8. The Morgan fingerprint density at radius 2 is 2.14 bits per heavy atom. The second-order valence-electron chi connectivity index (χ2n) is 3.04. The van der Waals surface area contributed by atoms with E-state index in [1.807, 2.05) is 12.2 Å². The predicted octanol–water partition coefficient (Wildman–Crippen LogP) is 1.23. The fraction of sp³-hybridized carbons (Fsp3) is 0.200. The standard InChI is InChI=1S/C10H9FN2O/c11-9-7-12-4-3-8(9)10(14)13-5-1-2-6-13/h1-4,7H,5-6H2. The molecule has 0 radical (unpaired) electrons. The molecule has 0 aliphatic carbocycles. The van der Waals surface area contributed by atoms with Gasteiger partial charge in [0, 0.05) is 19.3 Å². The highest BCUT2D eigenvalue weighted by Crippen LogP contribution is 2.10. The second-order valence-corrected chi connectivity index (χ2v) is 3.04. The summed E-state index contributed by atoms with van der Waals surface area (Å²) in [5.74, 6) is -0.848. The first kappa shape index (κ1) is 8.87. The van der Waals surface area contributed by atoms with Crippen molar-refractivity contribution in [1.82, 2.24) is 9.88 Å². The Kier molecular flexibility index (Phi) is 2.26. The van der Waals surface area contributed by atoms with Crippen molar-refractivity contribution in [3.8, 4) is 0 Å². The van der Waals surface area contributed by atoms with Crippen molar-refractivity contribution >= 4 is 5.91 Å². The molecule has 2 heterocycles. The van der Waals surface area contributed by atoms with Crippen molar-refractivity contribution in [2.45, 2.75) is 0 Å². The molecule has 14 heavy (non-hydrogen) atoms. The summed E-state index contributed by atoms with van der Waals surface area (Å²) < 4.78 is 13.2. The maximum Gasteiger partial charge on any atom is 0.257 e. The molecule has 0 aromatic carbocycles. The number of hydrogen-bond acceptors (Lipinski definition) is 2. The Morgan fingerprint density at radius 3 is 2.79 bits per heavy atom. The van der Waals surface area contributed by atoms with Gasteiger partial charge in [-0.05, 0) is 6.07 Å².